The topological polar surface area (TPSA) is 66.0 Å². The maximum atomic E-state index is 8.49. The summed E-state index contributed by atoms with van der Waals surface area (Å²) in [6.07, 6.45) is 5.16. The van der Waals surface area contributed by atoms with Crippen molar-refractivity contribution in [2.24, 2.45) is 5.41 Å². The first-order valence-electron chi connectivity index (χ1n) is 7.32. The number of nitriles is 2. The Morgan fingerprint density at radius 2 is 1.09 bits per heavy atom. The van der Waals surface area contributed by atoms with Crippen molar-refractivity contribution in [3.63, 3.8) is 0 Å². The second kappa shape index (κ2) is 7.33. The summed E-state index contributed by atoms with van der Waals surface area (Å²) in [7, 11) is 0. The molecule has 0 amide bonds. The summed E-state index contributed by atoms with van der Waals surface area (Å²) in [6, 6.07) is 15.2. The number of nitrogens with zero attached hydrogens (tertiary/aromatic N) is 2. The number of benzene rings is 2. The Hall–Kier alpha value is -2.98. The van der Waals surface area contributed by atoms with Crippen molar-refractivity contribution in [1.29, 1.82) is 10.5 Å². The molecule has 0 aliphatic carbocycles. The van der Waals surface area contributed by atoms with Gasteiger partial charge in [-0.1, -0.05) is 38.1 Å². The molecule has 0 saturated heterocycles. The Labute approximate surface area is 136 Å². The summed E-state index contributed by atoms with van der Waals surface area (Å²) in [6.45, 7) is 4.43. The first-order chi connectivity index (χ1) is 11.0. The first-order valence-corrected chi connectivity index (χ1v) is 7.32. The van der Waals surface area contributed by atoms with E-state index in [0.717, 1.165) is 12.8 Å². The Morgan fingerprint density at radius 3 is 1.39 bits per heavy atom. The van der Waals surface area contributed by atoms with Crippen LogP contribution >= 0.6 is 0 Å². The van der Waals surface area contributed by atoms with Gasteiger partial charge in [0.2, 0.25) is 0 Å². The minimum atomic E-state index is 0.0786. The zero-order valence-corrected chi connectivity index (χ0v) is 13.2. The van der Waals surface area contributed by atoms with Crippen molar-refractivity contribution in [2.75, 3.05) is 0 Å². The van der Waals surface area contributed by atoms with E-state index in [1.165, 1.54) is 11.1 Å². The minimum Gasteiger partial charge on any atom is -0.388 e. The van der Waals surface area contributed by atoms with E-state index < -0.39 is 0 Å². The van der Waals surface area contributed by atoms with Crippen LogP contribution in [0.1, 0.15) is 25.0 Å². The molecular weight excluding hydrogens is 288 g/mol. The molecule has 0 bridgehead atoms. The fourth-order valence-electron chi connectivity index (χ4n) is 2.62. The lowest BCUT2D eigenvalue weighted by molar-refractivity contribution is 0.360. The molecule has 4 heteroatoms. The Balaban J connectivity index is 2.00. The van der Waals surface area contributed by atoms with Crippen LogP contribution in [0.2, 0.25) is 0 Å². The SMILES string of the molecule is CC(C)(Cc1ccc(OC#N)cc1)Cc1ccc(OC#N)cc1. The molecule has 2 aromatic carbocycles. The van der Waals surface area contributed by atoms with E-state index in [1.54, 1.807) is 12.5 Å². The first kappa shape index (κ1) is 16.4. The smallest absolute Gasteiger partial charge is 0.292 e. The van der Waals surface area contributed by atoms with Gasteiger partial charge in [-0.25, -0.2) is 0 Å². The largest absolute Gasteiger partial charge is 0.388 e. The summed E-state index contributed by atoms with van der Waals surface area (Å²) >= 11 is 0. The van der Waals surface area contributed by atoms with Crippen molar-refractivity contribution in [3.05, 3.63) is 59.7 Å². The average molecular weight is 306 g/mol. The van der Waals surface area contributed by atoms with Crippen molar-refractivity contribution in [3.8, 4) is 24.0 Å². The van der Waals surface area contributed by atoms with E-state index in [4.69, 9.17) is 20.0 Å². The molecule has 4 nitrogen and oxygen atoms in total. The summed E-state index contributed by atoms with van der Waals surface area (Å²) < 4.78 is 9.58. The highest BCUT2D eigenvalue weighted by Crippen LogP contribution is 2.28. The van der Waals surface area contributed by atoms with E-state index in [1.807, 2.05) is 48.5 Å². The lowest BCUT2D eigenvalue weighted by Gasteiger charge is -2.25. The van der Waals surface area contributed by atoms with Crippen molar-refractivity contribution in [2.45, 2.75) is 26.7 Å². The number of ether oxygens (including phenoxy) is 2. The number of hydrogen-bond acceptors (Lipinski definition) is 4. The van der Waals surface area contributed by atoms with E-state index in [-0.39, 0.29) is 5.41 Å². The van der Waals surface area contributed by atoms with Crippen LogP contribution < -0.4 is 9.47 Å². The molecule has 2 aromatic rings. The van der Waals surface area contributed by atoms with Crippen LogP contribution in [-0.4, -0.2) is 0 Å². The fraction of sp³-hybridized carbons (Fsp3) is 0.263. The van der Waals surface area contributed by atoms with Gasteiger partial charge in [0.25, 0.3) is 12.5 Å². The van der Waals surface area contributed by atoms with Gasteiger partial charge in [-0.15, -0.1) is 10.5 Å². The molecule has 2 rings (SSSR count). The molecule has 0 N–H and O–H groups in total. The Bertz CT molecular complexity index is 656. The minimum absolute atomic E-state index is 0.0786. The van der Waals surface area contributed by atoms with E-state index in [9.17, 15) is 0 Å². The fourth-order valence-corrected chi connectivity index (χ4v) is 2.62. The molecule has 0 atom stereocenters. The standard InChI is InChI=1S/C19H18N2O2/c1-19(2,11-15-3-7-17(8-4-15)22-13-20)12-16-5-9-18(10-6-16)23-14-21/h3-10H,11-12H2,1-2H3. The highest BCUT2D eigenvalue weighted by Gasteiger charge is 2.19. The van der Waals surface area contributed by atoms with Crippen LogP contribution in [-0.2, 0) is 12.8 Å². The molecule has 0 unspecified atom stereocenters. The molecule has 0 radical (unpaired) electrons. The van der Waals surface area contributed by atoms with E-state index in [0.29, 0.717) is 11.5 Å². The highest BCUT2D eigenvalue weighted by molar-refractivity contribution is 5.30. The van der Waals surface area contributed by atoms with Crippen LogP contribution in [0.4, 0.5) is 0 Å². The lowest BCUT2D eigenvalue weighted by Crippen LogP contribution is -2.18. The molecule has 0 fully saturated rings. The van der Waals surface area contributed by atoms with Gasteiger partial charge in [0.05, 0.1) is 0 Å². The average Bonchev–Trinajstić information content (AvgIpc) is 2.51. The zero-order chi connectivity index (χ0) is 16.7. The molecule has 0 heterocycles. The molecule has 23 heavy (non-hydrogen) atoms. The molecule has 0 spiro atoms. The second-order valence-electron chi connectivity index (χ2n) is 6.19. The molecular formula is C19H18N2O2. The van der Waals surface area contributed by atoms with Gasteiger partial charge in [-0.2, -0.15) is 0 Å². The summed E-state index contributed by atoms with van der Waals surface area (Å²) in [4.78, 5) is 0. The van der Waals surface area contributed by atoms with Crippen molar-refractivity contribution >= 4 is 0 Å². The third-order valence-corrected chi connectivity index (χ3v) is 3.54. The number of rotatable bonds is 6. The third-order valence-electron chi connectivity index (χ3n) is 3.54. The van der Waals surface area contributed by atoms with Gasteiger partial charge < -0.3 is 9.47 Å². The molecule has 0 aromatic heterocycles. The van der Waals surface area contributed by atoms with E-state index in [2.05, 4.69) is 13.8 Å². The van der Waals surface area contributed by atoms with E-state index >= 15 is 0 Å². The van der Waals surface area contributed by atoms with Gasteiger partial charge in [0.1, 0.15) is 11.5 Å². The van der Waals surface area contributed by atoms with Crippen LogP contribution in [0, 0.1) is 28.4 Å². The normalized spacial score (nSPS) is 10.4. The van der Waals surface area contributed by atoms with Crippen LogP contribution in [0.5, 0.6) is 11.5 Å². The molecule has 0 aliphatic rings. The number of hydrogen-bond donors (Lipinski definition) is 0. The van der Waals surface area contributed by atoms with Gasteiger partial charge in [0.15, 0.2) is 0 Å². The van der Waals surface area contributed by atoms with Gasteiger partial charge >= 0.3 is 0 Å². The van der Waals surface area contributed by atoms with Crippen molar-refractivity contribution < 1.29 is 9.47 Å². The Kier molecular flexibility index (Phi) is 5.23. The molecule has 116 valence electrons. The highest BCUT2D eigenvalue weighted by atomic mass is 16.5. The third kappa shape index (κ3) is 5.05. The predicted octanol–water partition coefficient (Wildman–Crippen LogP) is 4.22. The van der Waals surface area contributed by atoms with Crippen LogP contribution in [0.25, 0.3) is 0 Å². The maximum absolute atomic E-state index is 8.49. The van der Waals surface area contributed by atoms with Gasteiger partial charge in [-0.3, -0.25) is 0 Å². The summed E-state index contributed by atoms with van der Waals surface area (Å²) in [5.41, 5.74) is 2.48. The quantitative estimate of drug-likeness (QED) is 0.749. The summed E-state index contributed by atoms with van der Waals surface area (Å²) in [5.74, 6) is 1.12. The monoisotopic (exact) mass is 306 g/mol. The lowest BCUT2D eigenvalue weighted by atomic mass is 9.80. The van der Waals surface area contributed by atoms with Crippen molar-refractivity contribution in [1.82, 2.24) is 0 Å². The predicted molar refractivity (Wildman–Crippen MR) is 86.6 cm³/mol. The zero-order valence-electron chi connectivity index (χ0n) is 13.2. The second-order valence-corrected chi connectivity index (χ2v) is 6.19. The molecule has 0 aliphatic heterocycles. The summed E-state index contributed by atoms with van der Waals surface area (Å²) in [5, 5.41) is 17.0. The van der Waals surface area contributed by atoms with Crippen LogP contribution in [0.3, 0.4) is 0 Å². The van der Waals surface area contributed by atoms with Crippen LogP contribution in [0.15, 0.2) is 48.5 Å². The van der Waals surface area contributed by atoms with Gasteiger partial charge in [-0.05, 0) is 53.6 Å². The molecule has 0 saturated carbocycles. The maximum Gasteiger partial charge on any atom is 0.292 e. The Morgan fingerprint density at radius 1 is 0.739 bits per heavy atom. The van der Waals surface area contributed by atoms with Gasteiger partial charge in [0, 0.05) is 0 Å².